The zero-order valence-electron chi connectivity index (χ0n) is 13.6. The van der Waals surface area contributed by atoms with Crippen molar-refractivity contribution in [2.45, 2.75) is 39.7 Å². The summed E-state index contributed by atoms with van der Waals surface area (Å²) in [7, 11) is 0. The molecule has 1 aromatic carbocycles. The van der Waals surface area contributed by atoms with Crippen LogP contribution in [0.25, 0.3) is 0 Å². The van der Waals surface area contributed by atoms with Gasteiger partial charge in [0.1, 0.15) is 11.5 Å². The van der Waals surface area contributed by atoms with Crippen LogP contribution in [0.4, 0.5) is 0 Å². The predicted molar refractivity (Wildman–Crippen MR) is 87.7 cm³/mol. The van der Waals surface area contributed by atoms with Gasteiger partial charge in [-0.05, 0) is 31.0 Å². The monoisotopic (exact) mass is 314 g/mol. The Morgan fingerprint density at radius 2 is 2.00 bits per heavy atom. The Bertz CT molecular complexity index is 659. The van der Waals surface area contributed by atoms with Crippen molar-refractivity contribution in [3.05, 3.63) is 53.1 Å². The third-order valence-corrected chi connectivity index (χ3v) is 3.65. The molecule has 0 saturated heterocycles. The number of unbranched alkanes of at least 4 members (excludes halogenated alkanes) is 1. The number of hydrogen-bond acceptors (Lipinski definition) is 4. The van der Waals surface area contributed by atoms with Gasteiger partial charge in [-0.1, -0.05) is 25.5 Å². The van der Waals surface area contributed by atoms with E-state index in [4.69, 9.17) is 4.74 Å². The van der Waals surface area contributed by atoms with Gasteiger partial charge in [-0.3, -0.25) is 4.79 Å². The van der Waals surface area contributed by atoms with Crippen LogP contribution >= 0.6 is 0 Å². The molecule has 122 valence electrons. The van der Waals surface area contributed by atoms with E-state index in [0.29, 0.717) is 24.4 Å². The molecule has 0 atom stereocenters. The summed E-state index contributed by atoms with van der Waals surface area (Å²) in [6.07, 6.45) is 5.42. The second-order valence-electron chi connectivity index (χ2n) is 5.32. The van der Waals surface area contributed by atoms with E-state index in [2.05, 4.69) is 11.9 Å². The summed E-state index contributed by atoms with van der Waals surface area (Å²) in [5, 5.41) is 0. The average Bonchev–Trinajstić information content (AvgIpc) is 2.95. The standard InChI is InChI=1S/C18H22N2O3/c1-3-5-6-17-19-11-16(13-21)20(17)12-14-7-9-15(10-8-14)18(22)23-4-2/h7-11,13H,3-6,12H2,1-2H3. The van der Waals surface area contributed by atoms with Gasteiger partial charge in [0.15, 0.2) is 6.29 Å². The molecular formula is C18H22N2O3. The number of aldehydes is 1. The zero-order chi connectivity index (χ0) is 16.7. The summed E-state index contributed by atoms with van der Waals surface area (Å²) in [6.45, 7) is 4.83. The predicted octanol–water partition coefficient (Wildman–Crippen LogP) is 3.26. The maximum atomic E-state index is 11.7. The first-order chi connectivity index (χ1) is 11.2. The van der Waals surface area contributed by atoms with Gasteiger partial charge < -0.3 is 9.30 Å². The van der Waals surface area contributed by atoms with Gasteiger partial charge in [-0.25, -0.2) is 9.78 Å². The molecule has 1 heterocycles. The van der Waals surface area contributed by atoms with Crippen LogP contribution in [0.1, 0.15) is 58.9 Å². The Morgan fingerprint density at radius 1 is 1.26 bits per heavy atom. The molecule has 0 spiro atoms. The van der Waals surface area contributed by atoms with Gasteiger partial charge in [-0.2, -0.15) is 0 Å². The molecule has 0 aliphatic carbocycles. The minimum Gasteiger partial charge on any atom is -0.462 e. The molecule has 5 heteroatoms. The van der Waals surface area contributed by atoms with Crippen molar-refractivity contribution in [3.8, 4) is 0 Å². The van der Waals surface area contributed by atoms with Crippen LogP contribution in [0.15, 0.2) is 30.5 Å². The average molecular weight is 314 g/mol. The van der Waals surface area contributed by atoms with E-state index in [1.165, 1.54) is 0 Å². The second kappa shape index (κ2) is 8.27. The number of rotatable bonds is 8. The molecule has 5 nitrogen and oxygen atoms in total. The Hall–Kier alpha value is -2.43. The maximum Gasteiger partial charge on any atom is 0.338 e. The third kappa shape index (κ3) is 4.28. The van der Waals surface area contributed by atoms with Crippen molar-refractivity contribution in [1.29, 1.82) is 0 Å². The molecule has 0 radical (unpaired) electrons. The molecule has 0 bridgehead atoms. The summed E-state index contributed by atoms with van der Waals surface area (Å²) >= 11 is 0. The topological polar surface area (TPSA) is 61.2 Å². The van der Waals surface area contributed by atoms with Gasteiger partial charge in [0.25, 0.3) is 0 Å². The molecule has 0 unspecified atom stereocenters. The van der Waals surface area contributed by atoms with Crippen LogP contribution in [0.3, 0.4) is 0 Å². The molecule has 0 N–H and O–H groups in total. The first kappa shape index (κ1) is 16.9. The number of benzene rings is 1. The summed E-state index contributed by atoms with van der Waals surface area (Å²) in [5.74, 6) is 0.599. The number of carbonyl (C=O) groups excluding carboxylic acids is 2. The molecule has 1 aromatic heterocycles. The normalized spacial score (nSPS) is 10.5. The Labute approximate surface area is 136 Å². The van der Waals surface area contributed by atoms with Crippen LogP contribution in [0, 0.1) is 0 Å². The van der Waals surface area contributed by atoms with Crippen molar-refractivity contribution in [2.24, 2.45) is 0 Å². The molecule has 0 fully saturated rings. The van der Waals surface area contributed by atoms with Crippen molar-refractivity contribution in [1.82, 2.24) is 9.55 Å². The highest BCUT2D eigenvalue weighted by Gasteiger charge is 2.11. The van der Waals surface area contributed by atoms with E-state index in [0.717, 1.165) is 36.9 Å². The van der Waals surface area contributed by atoms with Crippen molar-refractivity contribution in [3.63, 3.8) is 0 Å². The number of ether oxygens (including phenoxy) is 1. The van der Waals surface area contributed by atoms with E-state index in [-0.39, 0.29) is 5.97 Å². The molecule has 23 heavy (non-hydrogen) atoms. The van der Waals surface area contributed by atoms with Gasteiger partial charge >= 0.3 is 5.97 Å². The summed E-state index contributed by atoms with van der Waals surface area (Å²) in [5.41, 5.74) is 2.12. The number of aromatic nitrogens is 2. The van der Waals surface area contributed by atoms with Crippen LogP contribution in [-0.2, 0) is 17.7 Å². The second-order valence-corrected chi connectivity index (χ2v) is 5.32. The lowest BCUT2D eigenvalue weighted by Gasteiger charge is -2.10. The first-order valence-electron chi connectivity index (χ1n) is 7.95. The van der Waals surface area contributed by atoms with Crippen molar-refractivity contribution >= 4 is 12.3 Å². The lowest BCUT2D eigenvalue weighted by atomic mass is 10.1. The Balaban J connectivity index is 2.16. The minimum absolute atomic E-state index is 0.320. The fraction of sp³-hybridized carbons (Fsp3) is 0.389. The highest BCUT2D eigenvalue weighted by molar-refractivity contribution is 5.89. The van der Waals surface area contributed by atoms with E-state index in [1.807, 2.05) is 16.7 Å². The Morgan fingerprint density at radius 3 is 2.61 bits per heavy atom. The number of aryl methyl sites for hydroxylation is 1. The van der Waals surface area contributed by atoms with Crippen LogP contribution < -0.4 is 0 Å². The fourth-order valence-corrected chi connectivity index (χ4v) is 2.38. The molecule has 2 rings (SSSR count). The summed E-state index contributed by atoms with van der Waals surface area (Å²) in [6, 6.07) is 7.25. The number of imidazole rings is 1. The van der Waals surface area contributed by atoms with Crippen LogP contribution in [-0.4, -0.2) is 28.4 Å². The largest absolute Gasteiger partial charge is 0.462 e. The molecule has 0 amide bonds. The number of esters is 1. The molecule has 0 saturated carbocycles. The molecule has 2 aromatic rings. The lowest BCUT2D eigenvalue weighted by Crippen LogP contribution is -2.09. The zero-order valence-corrected chi connectivity index (χ0v) is 13.6. The van der Waals surface area contributed by atoms with Crippen molar-refractivity contribution < 1.29 is 14.3 Å². The summed E-state index contributed by atoms with van der Waals surface area (Å²) in [4.78, 5) is 27.2. The van der Waals surface area contributed by atoms with E-state index in [1.54, 1.807) is 25.3 Å². The van der Waals surface area contributed by atoms with Crippen LogP contribution in [0.2, 0.25) is 0 Å². The molecular weight excluding hydrogens is 292 g/mol. The van der Waals surface area contributed by atoms with E-state index < -0.39 is 0 Å². The van der Waals surface area contributed by atoms with Crippen molar-refractivity contribution in [2.75, 3.05) is 6.61 Å². The summed E-state index contributed by atoms with van der Waals surface area (Å²) < 4.78 is 6.91. The van der Waals surface area contributed by atoms with Crippen LogP contribution in [0.5, 0.6) is 0 Å². The van der Waals surface area contributed by atoms with E-state index >= 15 is 0 Å². The van der Waals surface area contributed by atoms with Gasteiger partial charge in [0.05, 0.1) is 18.4 Å². The van der Waals surface area contributed by atoms with E-state index in [9.17, 15) is 9.59 Å². The quantitative estimate of drug-likeness (QED) is 0.554. The minimum atomic E-state index is -0.320. The number of carbonyl (C=O) groups is 2. The number of nitrogens with zero attached hydrogens (tertiary/aromatic N) is 2. The third-order valence-electron chi connectivity index (χ3n) is 3.65. The lowest BCUT2D eigenvalue weighted by molar-refractivity contribution is 0.0526. The Kier molecular flexibility index (Phi) is 6.09. The maximum absolute atomic E-state index is 11.7. The molecule has 0 aliphatic rings. The highest BCUT2D eigenvalue weighted by atomic mass is 16.5. The number of hydrogen-bond donors (Lipinski definition) is 0. The fourth-order valence-electron chi connectivity index (χ4n) is 2.38. The SMILES string of the molecule is CCCCc1ncc(C=O)n1Cc1ccc(C(=O)OCC)cc1. The highest BCUT2D eigenvalue weighted by Crippen LogP contribution is 2.13. The smallest absolute Gasteiger partial charge is 0.338 e. The first-order valence-corrected chi connectivity index (χ1v) is 7.95. The molecule has 0 aliphatic heterocycles. The van der Waals surface area contributed by atoms with Gasteiger partial charge in [0, 0.05) is 13.0 Å². The van der Waals surface area contributed by atoms with Gasteiger partial charge in [-0.15, -0.1) is 0 Å². The van der Waals surface area contributed by atoms with Gasteiger partial charge in [0.2, 0.25) is 0 Å².